The van der Waals surface area contributed by atoms with Gasteiger partial charge in [0.25, 0.3) is 0 Å². The van der Waals surface area contributed by atoms with Crippen molar-refractivity contribution in [3.8, 4) is 0 Å². The number of aryl methyl sites for hydroxylation is 1. The van der Waals surface area contributed by atoms with Gasteiger partial charge in [-0.15, -0.1) is 24.0 Å². The van der Waals surface area contributed by atoms with E-state index in [0.717, 1.165) is 37.9 Å². The average molecular weight is 462 g/mol. The smallest absolute Gasteiger partial charge is 0.191 e. The molecule has 1 unspecified atom stereocenters. The molecule has 144 valence electrons. The zero-order valence-electron chi connectivity index (χ0n) is 15.9. The first-order valence-electron chi connectivity index (χ1n) is 9.29. The van der Waals surface area contributed by atoms with Crippen molar-refractivity contribution >= 4 is 29.9 Å². The summed E-state index contributed by atoms with van der Waals surface area (Å²) in [4.78, 5) is 6.72. The molecule has 0 radical (unpaired) electrons. The van der Waals surface area contributed by atoms with E-state index in [9.17, 15) is 0 Å². The molecule has 1 aliphatic carbocycles. The highest BCUT2D eigenvalue weighted by atomic mass is 127. The highest BCUT2D eigenvalue weighted by Gasteiger charge is 2.25. The van der Waals surface area contributed by atoms with Crippen LogP contribution in [0.3, 0.4) is 0 Å². The van der Waals surface area contributed by atoms with Gasteiger partial charge < -0.3 is 15.5 Å². The second-order valence-corrected chi connectivity index (χ2v) is 6.93. The Morgan fingerprint density at radius 3 is 2.64 bits per heavy atom. The molecule has 2 rings (SSSR count). The summed E-state index contributed by atoms with van der Waals surface area (Å²) in [5.41, 5.74) is 0. The molecule has 2 N–H and O–H groups in total. The van der Waals surface area contributed by atoms with Crippen LogP contribution < -0.4 is 10.6 Å². The molecule has 0 amide bonds. The topological polar surface area (TPSA) is 57.5 Å². The molecule has 1 aliphatic rings. The van der Waals surface area contributed by atoms with E-state index in [1.54, 1.807) is 0 Å². The summed E-state index contributed by atoms with van der Waals surface area (Å²) in [6.07, 6.45) is 11.7. The van der Waals surface area contributed by atoms with Gasteiger partial charge in [-0.05, 0) is 45.3 Å². The Kier molecular flexibility index (Phi) is 11.1. The van der Waals surface area contributed by atoms with Crippen LogP contribution in [0.1, 0.15) is 38.5 Å². The lowest BCUT2D eigenvalue weighted by atomic mass is 9.83. The summed E-state index contributed by atoms with van der Waals surface area (Å²) in [6, 6.07) is 2.54. The van der Waals surface area contributed by atoms with E-state index in [4.69, 9.17) is 0 Å². The molecule has 1 atom stereocenters. The molecule has 0 spiro atoms. The number of rotatable bonds is 8. The number of aliphatic imine (C=N–C) groups is 1. The molecule has 25 heavy (non-hydrogen) atoms. The Morgan fingerprint density at radius 1 is 1.28 bits per heavy atom. The van der Waals surface area contributed by atoms with Gasteiger partial charge >= 0.3 is 0 Å². The summed E-state index contributed by atoms with van der Waals surface area (Å²) in [5.74, 6) is 1.71. The predicted octanol–water partition coefficient (Wildman–Crippen LogP) is 2.57. The first kappa shape index (κ1) is 22.2. The van der Waals surface area contributed by atoms with Crippen LogP contribution in [0.4, 0.5) is 0 Å². The number of hydrogen-bond donors (Lipinski definition) is 2. The van der Waals surface area contributed by atoms with Crippen molar-refractivity contribution in [1.29, 1.82) is 0 Å². The molecule has 6 nitrogen and oxygen atoms in total. The molecular formula is C18H35IN6. The van der Waals surface area contributed by atoms with Gasteiger partial charge in [-0.2, -0.15) is 5.10 Å². The van der Waals surface area contributed by atoms with Gasteiger partial charge in [-0.3, -0.25) is 9.67 Å². The average Bonchev–Trinajstić information content (AvgIpc) is 3.11. The maximum absolute atomic E-state index is 4.35. The molecule has 0 aromatic carbocycles. The third-order valence-corrected chi connectivity index (χ3v) is 4.98. The molecule has 0 aliphatic heterocycles. The zero-order valence-corrected chi connectivity index (χ0v) is 18.3. The lowest BCUT2D eigenvalue weighted by molar-refractivity contribution is 0.171. The summed E-state index contributed by atoms with van der Waals surface area (Å²) < 4.78 is 1.96. The second kappa shape index (κ2) is 12.5. The van der Waals surface area contributed by atoms with E-state index >= 15 is 0 Å². The normalized spacial score (nSPS) is 17.2. The lowest BCUT2D eigenvalue weighted by Crippen LogP contribution is -2.48. The minimum absolute atomic E-state index is 0. The van der Waals surface area contributed by atoms with Crippen molar-refractivity contribution in [2.45, 2.75) is 51.1 Å². The largest absolute Gasteiger partial charge is 0.356 e. The van der Waals surface area contributed by atoms with Gasteiger partial charge in [0.1, 0.15) is 0 Å². The summed E-state index contributed by atoms with van der Waals surface area (Å²) in [6.45, 7) is 2.78. The predicted molar refractivity (Wildman–Crippen MR) is 116 cm³/mol. The fourth-order valence-corrected chi connectivity index (χ4v) is 3.59. The quantitative estimate of drug-likeness (QED) is 0.270. The highest BCUT2D eigenvalue weighted by molar-refractivity contribution is 14.0. The molecule has 0 bridgehead atoms. The zero-order chi connectivity index (χ0) is 17.2. The minimum atomic E-state index is 0. The summed E-state index contributed by atoms with van der Waals surface area (Å²) in [5, 5.41) is 11.1. The molecule has 1 heterocycles. The van der Waals surface area contributed by atoms with E-state index in [1.165, 1.54) is 32.1 Å². The van der Waals surface area contributed by atoms with Crippen molar-refractivity contribution in [2.75, 3.05) is 34.2 Å². The minimum Gasteiger partial charge on any atom is -0.356 e. The monoisotopic (exact) mass is 462 g/mol. The van der Waals surface area contributed by atoms with Crippen LogP contribution >= 0.6 is 24.0 Å². The van der Waals surface area contributed by atoms with Gasteiger partial charge in [0.2, 0.25) is 0 Å². The summed E-state index contributed by atoms with van der Waals surface area (Å²) in [7, 11) is 6.23. The number of likely N-dealkylation sites (N-methyl/N-ethyl adjacent to an activating group) is 1. The van der Waals surface area contributed by atoms with E-state index in [-0.39, 0.29) is 24.0 Å². The maximum atomic E-state index is 4.35. The van der Waals surface area contributed by atoms with Gasteiger partial charge in [0.15, 0.2) is 5.96 Å². The van der Waals surface area contributed by atoms with Crippen LogP contribution in [0.25, 0.3) is 0 Å². The van der Waals surface area contributed by atoms with Crippen LogP contribution in [0.2, 0.25) is 0 Å². The highest BCUT2D eigenvalue weighted by Crippen LogP contribution is 2.27. The first-order chi connectivity index (χ1) is 11.7. The second-order valence-electron chi connectivity index (χ2n) is 6.93. The summed E-state index contributed by atoms with van der Waals surface area (Å²) >= 11 is 0. The fraction of sp³-hybridized carbons (Fsp3) is 0.778. The van der Waals surface area contributed by atoms with Crippen molar-refractivity contribution in [1.82, 2.24) is 25.3 Å². The van der Waals surface area contributed by atoms with Crippen molar-refractivity contribution in [2.24, 2.45) is 10.9 Å². The number of nitrogens with zero attached hydrogens (tertiary/aromatic N) is 4. The van der Waals surface area contributed by atoms with Gasteiger partial charge in [0.05, 0.1) is 0 Å². The number of nitrogens with one attached hydrogen (secondary N) is 2. The third-order valence-electron chi connectivity index (χ3n) is 4.98. The number of halogens is 1. The van der Waals surface area contributed by atoms with Crippen molar-refractivity contribution in [3.63, 3.8) is 0 Å². The maximum Gasteiger partial charge on any atom is 0.191 e. The number of hydrogen-bond acceptors (Lipinski definition) is 3. The van der Waals surface area contributed by atoms with Crippen LogP contribution in [-0.4, -0.2) is 60.9 Å². The molecule has 7 heteroatoms. The SMILES string of the molecule is CN=C(NCCCn1cccn1)NCC(C1CCCCC1)N(C)C.I. The number of aromatic nitrogens is 2. The Labute approximate surface area is 169 Å². The molecule has 0 saturated heterocycles. The Balaban J connectivity index is 0.00000312. The molecular weight excluding hydrogens is 427 g/mol. The molecule has 1 fully saturated rings. The standard InChI is InChI=1S/C18H34N6.HI/c1-19-18(20-11-7-13-24-14-8-12-22-24)21-15-17(23(2)3)16-9-5-4-6-10-16;/h8,12,14,16-17H,4-7,9-11,13,15H2,1-3H3,(H2,19,20,21);1H. The number of guanidine groups is 1. The van der Waals surface area contributed by atoms with Crippen molar-refractivity contribution in [3.05, 3.63) is 18.5 Å². The lowest BCUT2D eigenvalue weighted by Gasteiger charge is -2.35. The third kappa shape index (κ3) is 7.94. The first-order valence-corrected chi connectivity index (χ1v) is 9.29. The van der Waals surface area contributed by atoms with E-state index in [1.807, 2.05) is 30.2 Å². The van der Waals surface area contributed by atoms with Gasteiger partial charge in [-0.1, -0.05) is 19.3 Å². The van der Waals surface area contributed by atoms with Crippen LogP contribution in [-0.2, 0) is 6.54 Å². The van der Waals surface area contributed by atoms with Gasteiger partial charge in [-0.25, -0.2) is 0 Å². The van der Waals surface area contributed by atoms with E-state index in [2.05, 4.69) is 39.7 Å². The molecule has 1 aromatic rings. The Morgan fingerprint density at radius 2 is 2.04 bits per heavy atom. The fourth-order valence-electron chi connectivity index (χ4n) is 3.59. The van der Waals surface area contributed by atoms with Crippen LogP contribution in [0, 0.1) is 5.92 Å². The van der Waals surface area contributed by atoms with Crippen LogP contribution in [0.5, 0.6) is 0 Å². The Bertz CT molecular complexity index is 468. The van der Waals surface area contributed by atoms with Crippen LogP contribution in [0.15, 0.2) is 23.5 Å². The molecule has 1 aromatic heterocycles. The van der Waals surface area contributed by atoms with E-state index in [0.29, 0.717) is 6.04 Å². The Hall–Kier alpha value is -0.830. The molecule has 1 saturated carbocycles. The van der Waals surface area contributed by atoms with E-state index < -0.39 is 0 Å². The van der Waals surface area contributed by atoms with Crippen molar-refractivity contribution < 1.29 is 0 Å². The van der Waals surface area contributed by atoms with Gasteiger partial charge in [0, 0.05) is 45.1 Å².